The first-order valence-corrected chi connectivity index (χ1v) is 10.0. The van der Waals surface area contributed by atoms with Crippen LogP contribution in [0.4, 0.5) is 0 Å². The fourth-order valence-electron chi connectivity index (χ4n) is 3.52. The number of carbonyl (C=O) groups excluding carboxylic acids is 2. The van der Waals surface area contributed by atoms with Crippen molar-refractivity contribution in [3.63, 3.8) is 0 Å². The van der Waals surface area contributed by atoms with Crippen molar-refractivity contribution in [2.24, 2.45) is 5.14 Å². The van der Waals surface area contributed by atoms with Gasteiger partial charge in [0.15, 0.2) is 0 Å². The third-order valence-corrected chi connectivity index (χ3v) is 5.81. The molecule has 1 amide bonds. The van der Waals surface area contributed by atoms with Crippen molar-refractivity contribution in [2.45, 2.75) is 25.7 Å². The number of benzene rings is 1. The van der Waals surface area contributed by atoms with E-state index in [0.717, 1.165) is 24.6 Å². The third-order valence-electron chi connectivity index (χ3n) is 4.95. The minimum absolute atomic E-state index is 0.0815. The number of aromatic nitrogens is 1. The number of amides is 1. The van der Waals surface area contributed by atoms with E-state index in [4.69, 9.17) is 5.14 Å². The number of likely N-dealkylation sites (tertiary alicyclic amines) is 1. The molecule has 2 aromatic rings. The summed E-state index contributed by atoms with van der Waals surface area (Å²) in [6.45, 7) is 3.00. The van der Waals surface area contributed by atoms with Crippen LogP contribution >= 0.6 is 0 Å². The Hall–Kier alpha value is -2.65. The molecule has 0 radical (unpaired) electrons. The zero-order valence-corrected chi connectivity index (χ0v) is 15.6. The van der Waals surface area contributed by atoms with Gasteiger partial charge in [-0.1, -0.05) is 24.3 Å². The highest BCUT2D eigenvalue weighted by atomic mass is 32.2. The van der Waals surface area contributed by atoms with Gasteiger partial charge in [0.2, 0.25) is 5.91 Å². The third kappa shape index (κ3) is 3.88. The van der Waals surface area contributed by atoms with Crippen molar-refractivity contribution in [1.29, 1.82) is 0 Å². The number of nitrogens with zero attached hydrogens (tertiary/aromatic N) is 2. The van der Waals surface area contributed by atoms with Gasteiger partial charge in [0, 0.05) is 31.8 Å². The van der Waals surface area contributed by atoms with Crippen LogP contribution < -0.4 is 10.2 Å². The van der Waals surface area contributed by atoms with Gasteiger partial charge in [-0.3, -0.25) is 4.79 Å². The molecule has 8 nitrogen and oxygen atoms in total. The zero-order chi connectivity index (χ0) is 19.8. The minimum atomic E-state index is -4.24. The Bertz CT molecular complexity index is 971. The highest BCUT2D eigenvalue weighted by Crippen LogP contribution is 2.31. The van der Waals surface area contributed by atoms with Gasteiger partial charge in [-0.15, -0.1) is 0 Å². The zero-order valence-electron chi connectivity index (χ0n) is 14.8. The summed E-state index contributed by atoms with van der Waals surface area (Å²) < 4.78 is 23.6. The maximum Gasteiger partial charge on any atom is 0.302 e. The Labute approximate surface area is 157 Å². The van der Waals surface area contributed by atoms with Gasteiger partial charge in [0.25, 0.3) is 0 Å². The summed E-state index contributed by atoms with van der Waals surface area (Å²) >= 11 is 0. The van der Waals surface area contributed by atoms with Crippen molar-refractivity contribution >= 4 is 22.1 Å². The first-order valence-electron chi connectivity index (χ1n) is 8.50. The van der Waals surface area contributed by atoms with Gasteiger partial charge in [-0.25, -0.2) is 9.11 Å². The normalized spacial score (nSPS) is 15.7. The van der Waals surface area contributed by atoms with E-state index in [1.54, 1.807) is 19.1 Å². The molecule has 1 aliphatic heterocycles. The Kier molecular flexibility index (Phi) is 5.07. The number of hydrogen-bond acceptors (Lipinski definition) is 5. The fraction of sp³-hybridized carbons (Fsp3) is 0.333. The van der Waals surface area contributed by atoms with Crippen molar-refractivity contribution in [3.8, 4) is 11.1 Å². The second-order valence-electron chi connectivity index (χ2n) is 6.61. The molecule has 1 fully saturated rings. The predicted molar refractivity (Wildman–Crippen MR) is 96.9 cm³/mol. The van der Waals surface area contributed by atoms with Crippen molar-refractivity contribution in [1.82, 2.24) is 8.87 Å². The smallest absolute Gasteiger partial charge is 0.302 e. The SMILES string of the molecule is CC(=O)N1CCC(c2ccc(-c3ccn(S(N)(=O)=O)c3C(=O)[O-])cc2)CC1. The van der Waals surface area contributed by atoms with E-state index in [9.17, 15) is 23.1 Å². The lowest BCUT2D eigenvalue weighted by molar-refractivity contribution is -0.255. The molecule has 1 aromatic carbocycles. The number of nitrogens with two attached hydrogens (primary N) is 1. The van der Waals surface area contributed by atoms with Gasteiger partial charge in [-0.05, 0) is 36.0 Å². The van der Waals surface area contributed by atoms with Gasteiger partial charge in [0.05, 0.1) is 11.7 Å². The molecule has 1 aromatic heterocycles. The van der Waals surface area contributed by atoms with Crippen LogP contribution in [0.5, 0.6) is 0 Å². The van der Waals surface area contributed by atoms with Crippen LogP contribution in [0.25, 0.3) is 11.1 Å². The molecule has 1 aliphatic rings. The molecule has 2 N–H and O–H groups in total. The predicted octanol–water partition coefficient (Wildman–Crippen LogP) is 0.296. The summed E-state index contributed by atoms with van der Waals surface area (Å²) in [5.74, 6) is -1.22. The van der Waals surface area contributed by atoms with E-state index in [2.05, 4.69) is 0 Å². The van der Waals surface area contributed by atoms with Crippen LogP contribution in [0.15, 0.2) is 36.5 Å². The molecular weight excluding hydrogens is 370 g/mol. The monoisotopic (exact) mass is 390 g/mol. The van der Waals surface area contributed by atoms with Crippen LogP contribution in [0, 0.1) is 0 Å². The quantitative estimate of drug-likeness (QED) is 0.803. The molecule has 1 saturated heterocycles. The van der Waals surface area contributed by atoms with Crippen LogP contribution in [-0.2, 0) is 15.0 Å². The molecule has 144 valence electrons. The average molecular weight is 390 g/mol. The van der Waals surface area contributed by atoms with E-state index in [1.165, 1.54) is 6.07 Å². The van der Waals surface area contributed by atoms with Crippen molar-refractivity contribution in [2.75, 3.05) is 13.1 Å². The molecule has 27 heavy (non-hydrogen) atoms. The number of aromatic carboxylic acids is 1. The largest absolute Gasteiger partial charge is 0.543 e. The molecule has 3 rings (SSSR count). The maximum atomic E-state index is 11.6. The number of piperidine rings is 1. The maximum absolute atomic E-state index is 11.6. The Morgan fingerprint density at radius 1 is 1.11 bits per heavy atom. The first-order chi connectivity index (χ1) is 12.7. The summed E-state index contributed by atoms with van der Waals surface area (Å²) in [5.41, 5.74) is 1.38. The lowest BCUT2D eigenvalue weighted by Crippen LogP contribution is -2.36. The second kappa shape index (κ2) is 7.16. The second-order valence-corrected chi connectivity index (χ2v) is 8.03. The topological polar surface area (TPSA) is 126 Å². The van der Waals surface area contributed by atoms with E-state index in [1.807, 2.05) is 17.0 Å². The minimum Gasteiger partial charge on any atom is -0.543 e. The molecule has 0 unspecified atom stereocenters. The number of hydrogen-bond donors (Lipinski definition) is 1. The van der Waals surface area contributed by atoms with E-state index < -0.39 is 21.9 Å². The van der Waals surface area contributed by atoms with E-state index in [0.29, 0.717) is 28.5 Å². The van der Waals surface area contributed by atoms with Crippen LogP contribution in [0.3, 0.4) is 0 Å². The molecular formula is C18H20N3O5S-. The molecule has 2 heterocycles. The summed E-state index contributed by atoms with van der Waals surface area (Å²) in [7, 11) is -4.24. The number of carboxylic acids is 1. The summed E-state index contributed by atoms with van der Waals surface area (Å²) in [5, 5.41) is 16.5. The fourth-order valence-corrected chi connectivity index (χ4v) is 4.18. The van der Waals surface area contributed by atoms with Crippen molar-refractivity contribution in [3.05, 3.63) is 47.8 Å². The van der Waals surface area contributed by atoms with Crippen molar-refractivity contribution < 1.29 is 23.1 Å². The van der Waals surface area contributed by atoms with Gasteiger partial charge < -0.3 is 14.8 Å². The van der Waals surface area contributed by atoms with E-state index in [-0.39, 0.29) is 11.5 Å². The van der Waals surface area contributed by atoms with Crippen LogP contribution in [0.2, 0.25) is 0 Å². The number of carbonyl (C=O) groups is 2. The van der Waals surface area contributed by atoms with E-state index >= 15 is 0 Å². The Morgan fingerprint density at radius 3 is 2.19 bits per heavy atom. The van der Waals surface area contributed by atoms with Gasteiger partial charge in [-0.2, -0.15) is 8.42 Å². The Morgan fingerprint density at radius 2 is 1.70 bits per heavy atom. The summed E-state index contributed by atoms with van der Waals surface area (Å²) in [6.07, 6.45) is 2.83. The number of rotatable bonds is 4. The highest BCUT2D eigenvalue weighted by molar-refractivity contribution is 7.87. The molecule has 0 aliphatic carbocycles. The summed E-state index contributed by atoms with van der Waals surface area (Å²) in [4.78, 5) is 24.7. The van der Waals surface area contributed by atoms with Crippen LogP contribution in [-0.4, -0.2) is 42.3 Å². The average Bonchev–Trinajstić information content (AvgIpc) is 3.08. The number of carboxylic acid groups (broad SMARTS) is 1. The first kappa shape index (κ1) is 19.1. The van der Waals surface area contributed by atoms with Gasteiger partial charge in [0.1, 0.15) is 0 Å². The standard InChI is InChI=1S/C18H21N3O5S/c1-12(22)20-9-6-14(7-10-20)13-2-4-15(5-3-13)16-8-11-21(27(19,25)26)17(16)18(23)24/h2-5,8,11,14H,6-7,9-10H2,1H3,(H,23,24)(H2,19,25,26)/p-1. The van der Waals surface area contributed by atoms with Crippen LogP contribution in [0.1, 0.15) is 41.7 Å². The highest BCUT2D eigenvalue weighted by Gasteiger charge is 2.22. The molecule has 9 heteroatoms. The Balaban J connectivity index is 1.86. The molecule has 0 spiro atoms. The lowest BCUT2D eigenvalue weighted by atomic mass is 9.88. The molecule has 0 bridgehead atoms. The molecule has 0 saturated carbocycles. The lowest BCUT2D eigenvalue weighted by Gasteiger charge is -2.31. The summed E-state index contributed by atoms with van der Waals surface area (Å²) in [6, 6.07) is 8.69. The molecule has 0 atom stereocenters. The van der Waals surface area contributed by atoms with Gasteiger partial charge >= 0.3 is 10.2 Å².